The van der Waals surface area contributed by atoms with Crippen molar-refractivity contribution in [3.8, 4) is 0 Å². The molecule has 2 heterocycles. The lowest BCUT2D eigenvalue weighted by atomic mass is 10.0. The Kier molecular flexibility index (Phi) is 2.70. The van der Waals surface area contributed by atoms with Gasteiger partial charge in [0.25, 0.3) is 0 Å². The first-order chi connectivity index (χ1) is 7.18. The summed E-state index contributed by atoms with van der Waals surface area (Å²) in [6.07, 6.45) is 3.16. The van der Waals surface area contributed by atoms with E-state index in [9.17, 15) is 4.79 Å². The number of aromatic nitrogens is 3. The van der Waals surface area contributed by atoms with E-state index in [1.165, 1.54) is 0 Å². The highest BCUT2D eigenvalue weighted by Gasteiger charge is 2.26. The molecule has 1 aliphatic rings. The normalized spacial score (nSPS) is 21.0. The minimum atomic E-state index is 0.0756. The van der Waals surface area contributed by atoms with Gasteiger partial charge >= 0.3 is 0 Å². The maximum absolute atomic E-state index is 11.4. The van der Waals surface area contributed by atoms with Crippen molar-refractivity contribution in [3.63, 3.8) is 0 Å². The highest BCUT2D eigenvalue weighted by molar-refractivity contribution is 5.80. The highest BCUT2D eigenvalue weighted by atomic mass is 16.2. The minimum absolute atomic E-state index is 0.0756. The van der Waals surface area contributed by atoms with Gasteiger partial charge in [0.05, 0.1) is 0 Å². The summed E-state index contributed by atoms with van der Waals surface area (Å²) in [5.41, 5.74) is 0. The van der Waals surface area contributed by atoms with Gasteiger partial charge in [0.1, 0.15) is 12.2 Å². The predicted molar refractivity (Wildman–Crippen MR) is 55.2 cm³/mol. The Morgan fingerprint density at radius 3 is 3.07 bits per heavy atom. The monoisotopic (exact) mass is 208 g/mol. The lowest BCUT2D eigenvalue weighted by molar-refractivity contribution is -0.122. The molecule has 0 saturated carbocycles. The molecule has 82 valence electrons. The van der Waals surface area contributed by atoms with Crippen molar-refractivity contribution in [1.29, 1.82) is 0 Å². The molecule has 0 spiro atoms. The molecule has 5 nitrogen and oxygen atoms in total. The van der Waals surface area contributed by atoms with Crippen LogP contribution in [0.3, 0.4) is 0 Å². The molecule has 1 unspecified atom stereocenters. The van der Waals surface area contributed by atoms with E-state index >= 15 is 0 Å². The van der Waals surface area contributed by atoms with Crippen molar-refractivity contribution in [3.05, 3.63) is 12.2 Å². The van der Waals surface area contributed by atoms with Crippen LogP contribution in [0.15, 0.2) is 6.33 Å². The summed E-state index contributed by atoms with van der Waals surface area (Å²) in [5, 5.41) is 6.99. The zero-order valence-electron chi connectivity index (χ0n) is 9.10. The average Bonchev–Trinajstić information content (AvgIpc) is 2.77. The summed E-state index contributed by atoms with van der Waals surface area (Å²) in [4.78, 5) is 15.6. The van der Waals surface area contributed by atoms with Crippen LogP contribution in [0.1, 0.15) is 32.1 Å². The molecule has 0 aliphatic carbocycles. The number of hydrogen-bond acceptors (Lipinski definition) is 3. The molecule has 1 saturated heterocycles. The summed E-state index contributed by atoms with van der Waals surface area (Å²) in [6.45, 7) is 4.92. The molecule has 1 aliphatic heterocycles. The highest BCUT2D eigenvalue weighted by Crippen LogP contribution is 2.16. The van der Waals surface area contributed by atoms with Crippen LogP contribution in [0.5, 0.6) is 0 Å². The lowest BCUT2D eigenvalue weighted by Crippen LogP contribution is -2.22. The fourth-order valence-corrected chi connectivity index (χ4v) is 1.91. The molecule has 15 heavy (non-hydrogen) atoms. The Hall–Kier alpha value is -1.39. The van der Waals surface area contributed by atoms with E-state index in [4.69, 9.17) is 0 Å². The number of nitrogens with one attached hydrogen (secondary N) is 1. The largest absolute Gasteiger partial charge is 0.356 e. The molecule has 1 aromatic rings. The van der Waals surface area contributed by atoms with E-state index in [1.54, 1.807) is 6.33 Å². The van der Waals surface area contributed by atoms with Crippen molar-refractivity contribution in [2.45, 2.75) is 32.7 Å². The van der Waals surface area contributed by atoms with Crippen LogP contribution in [-0.4, -0.2) is 27.2 Å². The summed E-state index contributed by atoms with van der Waals surface area (Å²) in [6, 6.07) is 0.298. The van der Waals surface area contributed by atoms with Crippen LogP contribution in [0, 0.1) is 5.92 Å². The fraction of sp³-hybridized carbons (Fsp3) is 0.700. The van der Waals surface area contributed by atoms with Crippen LogP contribution in [0.2, 0.25) is 0 Å². The zero-order chi connectivity index (χ0) is 10.8. The smallest absolute Gasteiger partial charge is 0.223 e. The van der Waals surface area contributed by atoms with Gasteiger partial charge < -0.3 is 5.32 Å². The van der Waals surface area contributed by atoms with Gasteiger partial charge in [0, 0.05) is 24.9 Å². The third-order valence-corrected chi connectivity index (χ3v) is 2.73. The minimum Gasteiger partial charge on any atom is -0.356 e. The van der Waals surface area contributed by atoms with Gasteiger partial charge in [0.15, 0.2) is 0 Å². The number of hydrogen-bond donors (Lipinski definition) is 1. The maximum atomic E-state index is 11.4. The second-order valence-corrected chi connectivity index (χ2v) is 4.20. The zero-order valence-corrected chi connectivity index (χ0v) is 9.10. The summed E-state index contributed by atoms with van der Waals surface area (Å²) < 4.78 is 1.88. The van der Waals surface area contributed by atoms with E-state index in [1.807, 2.05) is 4.68 Å². The molecule has 0 radical (unpaired) electrons. The van der Waals surface area contributed by atoms with Gasteiger partial charge in [-0.1, -0.05) is 0 Å². The van der Waals surface area contributed by atoms with Gasteiger partial charge in [0.2, 0.25) is 5.91 Å². The van der Waals surface area contributed by atoms with Crippen molar-refractivity contribution >= 4 is 5.91 Å². The Balaban J connectivity index is 2.10. The Morgan fingerprint density at radius 2 is 2.47 bits per heavy atom. The van der Waals surface area contributed by atoms with Gasteiger partial charge in [-0.05, 0) is 20.3 Å². The molecule has 1 amide bonds. The Morgan fingerprint density at radius 1 is 1.67 bits per heavy atom. The molecular weight excluding hydrogens is 192 g/mol. The second-order valence-electron chi connectivity index (χ2n) is 4.20. The SMILES string of the molecule is CC(C)n1ncnc1CC1CCNC1=O. The van der Waals surface area contributed by atoms with Gasteiger partial charge in [-0.2, -0.15) is 5.10 Å². The fourth-order valence-electron chi connectivity index (χ4n) is 1.91. The summed E-state index contributed by atoms with van der Waals surface area (Å²) in [5.74, 6) is 1.13. The molecule has 1 fully saturated rings. The first-order valence-corrected chi connectivity index (χ1v) is 5.34. The van der Waals surface area contributed by atoms with E-state index in [0.717, 1.165) is 18.8 Å². The van der Waals surface area contributed by atoms with Crippen molar-refractivity contribution in [2.75, 3.05) is 6.54 Å². The van der Waals surface area contributed by atoms with Gasteiger partial charge in [-0.15, -0.1) is 0 Å². The number of nitrogens with zero attached hydrogens (tertiary/aromatic N) is 3. The lowest BCUT2D eigenvalue weighted by Gasteiger charge is -2.11. The third-order valence-electron chi connectivity index (χ3n) is 2.73. The quantitative estimate of drug-likeness (QED) is 0.788. The maximum Gasteiger partial charge on any atom is 0.223 e. The summed E-state index contributed by atoms with van der Waals surface area (Å²) in [7, 11) is 0. The van der Waals surface area contributed by atoms with Crippen LogP contribution >= 0.6 is 0 Å². The number of carbonyl (C=O) groups excluding carboxylic acids is 1. The van der Waals surface area contributed by atoms with Crippen LogP contribution in [0.4, 0.5) is 0 Å². The van der Waals surface area contributed by atoms with Crippen molar-refractivity contribution < 1.29 is 4.79 Å². The van der Waals surface area contributed by atoms with Crippen LogP contribution in [0.25, 0.3) is 0 Å². The number of rotatable bonds is 3. The molecule has 1 N–H and O–H groups in total. The molecule has 2 rings (SSSR count). The summed E-state index contributed by atoms with van der Waals surface area (Å²) >= 11 is 0. The van der Waals surface area contributed by atoms with Crippen molar-refractivity contribution in [1.82, 2.24) is 20.1 Å². The number of amides is 1. The average molecular weight is 208 g/mol. The van der Waals surface area contributed by atoms with E-state index in [0.29, 0.717) is 12.5 Å². The topological polar surface area (TPSA) is 59.8 Å². The number of carbonyl (C=O) groups is 1. The molecule has 1 atom stereocenters. The third kappa shape index (κ3) is 2.00. The molecular formula is C10H16N4O. The van der Waals surface area contributed by atoms with E-state index in [2.05, 4.69) is 29.2 Å². The van der Waals surface area contributed by atoms with Gasteiger partial charge in [-0.3, -0.25) is 4.79 Å². The second kappa shape index (κ2) is 4.00. The Labute approximate surface area is 88.9 Å². The van der Waals surface area contributed by atoms with Gasteiger partial charge in [-0.25, -0.2) is 9.67 Å². The first kappa shape index (κ1) is 10.1. The van der Waals surface area contributed by atoms with E-state index < -0.39 is 0 Å². The predicted octanol–water partition coefficient (Wildman–Crippen LogP) is 0.538. The molecule has 5 heteroatoms. The van der Waals surface area contributed by atoms with Crippen LogP contribution < -0.4 is 5.32 Å². The molecule has 1 aromatic heterocycles. The first-order valence-electron chi connectivity index (χ1n) is 5.34. The van der Waals surface area contributed by atoms with E-state index in [-0.39, 0.29) is 11.8 Å². The standard InChI is InChI=1S/C10H16N4O/c1-7(2)14-9(12-6-13-14)5-8-3-4-11-10(8)15/h6-8H,3-5H2,1-2H3,(H,11,15). The van der Waals surface area contributed by atoms with Crippen molar-refractivity contribution in [2.24, 2.45) is 5.92 Å². The van der Waals surface area contributed by atoms with Crippen LogP contribution in [-0.2, 0) is 11.2 Å². The molecule has 0 bridgehead atoms. The Bertz CT molecular complexity index is 358. The molecule has 0 aromatic carbocycles.